The molecule has 104 valence electrons. The first-order chi connectivity index (χ1) is 9.66. The van der Waals surface area contributed by atoms with Crippen LogP contribution in [0.3, 0.4) is 0 Å². The highest BCUT2D eigenvalue weighted by molar-refractivity contribution is 14.1. The van der Waals surface area contributed by atoms with Gasteiger partial charge in [-0.25, -0.2) is 9.97 Å². The van der Waals surface area contributed by atoms with E-state index in [0.29, 0.717) is 16.9 Å². The fraction of sp³-hybridized carbons (Fsp3) is 0.333. The molecular formula is C15H13BrClIN2. The highest BCUT2D eigenvalue weighted by Crippen LogP contribution is 2.38. The van der Waals surface area contributed by atoms with E-state index in [1.165, 1.54) is 25.7 Å². The van der Waals surface area contributed by atoms with Crippen molar-refractivity contribution >= 4 is 50.1 Å². The van der Waals surface area contributed by atoms with Crippen LogP contribution in [-0.4, -0.2) is 9.97 Å². The van der Waals surface area contributed by atoms with E-state index in [1.54, 1.807) is 0 Å². The van der Waals surface area contributed by atoms with E-state index >= 15 is 0 Å². The largest absolute Gasteiger partial charge is 0.232 e. The van der Waals surface area contributed by atoms with Crippen molar-refractivity contribution in [3.8, 4) is 11.4 Å². The molecule has 5 heteroatoms. The average molecular weight is 464 g/mol. The molecule has 0 N–H and O–H groups in total. The van der Waals surface area contributed by atoms with E-state index in [4.69, 9.17) is 16.6 Å². The van der Waals surface area contributed by atoms with Crippen molar-refractivity contribution in [2.24, 2.45) is 0 Å². The summed E-state index contributed by atoms with van der Waals surface area (Å²) in [5.74, 6) is 1.24. The van der Waals surface area contributed by atoms with Crippen LogP contribution in [0.1, 0.15) is 37.3 Å². The number of nitrogens with zero attached hydrogens (tertiary/aromatic N) is 2. The zero-order valence-electron chi connectivity index (χ0n) is 10.7. The number of hydrogen-bond acceptors (Lipinski definition) is 2. The van der Waals surface area contributed by atoms with Crippen LogP contribution in [0, 0.1) is 3.57 Å². The predicted molar refractivity (Wildman–Crippen MR) is 94.1 cm³/mol. The summed E-state index contributed by atoms with van der Waals surface area (Å²) in [6, 6.07) is 7.99. The maximum atomic E-state index is 6.33. The standard InChI is InChI=1S/C15H13BrClIN2/c16-11-8-4-3-7-10(11)15-19-13(9-5-1-2-6-9)12(18)14(17)20-15/h3-4,7-9H,1-2,5-6H2. The van der Waals surface area contributed by atoms with Gasteiger partial charge in [0.25, 0.3) is 0 Å². The summed E-state index contributed by atoms with van der Waals surface area (Å²) in [4.78, 5) is 9.27. The molecule has 3 rings (SSSR count). The van der Waals surface area contributed by atoms with Crippen molar-refractivity contribution in [2.45, 2.75) is 31.6 Å². The van der Waals surface area contributed by atoms with E-state index in [1.807, 2.05) is 24.3 Å². The van der Waals surface area contributed by atoms with E-state index < -0.39 is 0 Å². The molecule has 2 nitrogen and oxygen atoms in total. The number of rotatable bonds is 2. The summed E-state index contributed by atoms with van der Waals surface area (Å²) >= 11 is 12.2. The number of benzene rings is 1. The predicted octanol–water partition coefficient (Wildman–Crippen LogP) is 5.82. The molecule has 20 heavy (non-hydrogen) atoms. The molecule has 0 saturated heterocycles. The lowest BCUT2D eigenvalue weighted by atomic mass is 10.0. The Morgan fingerprint density at radius 1 is 1.15 bits per heavy atom. The number of aromatic nitrogens is 2. The van der Waals surface area contributed by atoms with Gasteiger partial charge in [-0.1, -0.05) is 58.6 Å². The monoisotopic (exact) mass is 462 g/mol. The lowest BCUT2D eigenvalue weighted by Crippen LogP contribution is -2.04. The maximum Gasteiger partial charge on any atom is 0.162 e. The van der Waals surface area contributed by atoms with Gasteiger partial charge in [-0.15, -0.1) is 0 Å². The number of halogens is 3. The van der Waals surface area contributed by atoms with Gasteiger partial charge < -0.3 is 0 Å². The molecule has 1 heterocycles. The van der Waals surface area contributed by atoms with Gasteiger partial charge in [0, 0.05) is 16.0 Å². The highest BCUT2D eigenvalue weighted by Gasteiger charge is 2.24. The minimum Gasteiger partial charge on any atom is -0.232 e. The SMILES string of the molecule is Clc1nc(-c2ccccc2Br)nc(C2CCCC2)c1I. The molecule has 0 atom stereocenters. The Morgan fingerprint density at radius 3 is 2.55 bits per heavy atom. The van der Waals surface area contributed by atoms with Crippen LogP contribution >= 0.6 is 50.1 Å². The molecule has 1 aliphatic carbocycles. The van der Waals surface area contributed by atoms with E-state index in [-0.39, 0.29) is 0 Å². The molecule has 0 aliphatic heterocycles. The van der Waals surface area contributed by atoms with Crippen molar-refractivity contribution in [3.63, 3.8) is 0 Å². The third-order valence-electron chi connectivity index (χ3n) is 3.69. The summed E-state index contributed by atoms with van der Waals surface area (Å²) < 4.78 is 2.00. The van der Waals surface area contributed by atoms with Gasteiger partial charge in [0.15, 0.2) is 5.82 Å². The van der Waals surface area contributed by atoms with E-state index in [2.05, 4.69) is 43.5 Å². The van der Waals surface area contributed by atoms with Crippen LogP contribution in [0.15, 0.2) is 28.7 Å². The Hall–Kier alpha value is -0.200. The Balaban J connectivity index is 2.11. The molecule has 0 spiro atoms. The number of hydrogen-bond donors (Lipinski definition) is 0. The Labute approximate surface area is 145 Å². The van der Waals surface area contributed by atoms with Gasteiger partial charge in [0.1, 0.15) is 5.15 Å². The van der Waals surface area contributed by atoms with E-state index in [0.717, 1.165) is 19.3 Å². The zero-order chi connectivity index (χ0) is 14.1. The Kier molecular flexibility index (Phi) is 4.62. The lowest BCUT2D eigenvalue weighted by Gasteiger charge is -2.14. The third kappa shape index (κ3) is 2.88. The Morgan fingerprint density at radius 2 is 1.85 bits per heavy atom. The zero-order valence-corrected chi connectivity index (χ0v) is 15.2. The van der Waals surface area contributed by atoms with Gasteiger partial charge in [0.05, 0.1) is 9.26 Å². The molecule has 2 aromatic rings. The molecular weight excluding hydrogens is 450 g/mol. The quantitative estimate of drug-likeness (QED) is 0.414. The maximum absolute atomic E-state index is 6.33. The minimum absolute atomic E-state index is 0.531. The van der Waals surface area contributed by atoms with Crippen LogP contribution < -0.4 is 0 Å². The van der Waals surface area contributed by atoms with Crippen LogP contribution in [0.4, 0.5) is 0 Å². The smallest absolute Gasteiger partial charge is 0.162 e. The van der Waals surface area contributed by atoms with Crippen LogP contribution in [0.5, 0.6) is 0 Å². The van der Waals surface area contributed by atoms with Crippen LogP contribution in [-0.2, 0) is 0 Å². The third-order valence-corrected chi connectivity index (χ3v) is 6.04. The lowest BCUT2D eigenvalue weighted by molar-refractivity contribution is 0.690. The second-order valence-corrected chi connectivity index (χ2v) is 7.29. The first-order valence-corrected chi connectivity index (χ1v) is 8.89. The summed E-state index contributed by atoms with van der Waals surface area (Å²) in [6.45, 7) is 0. The second-order valence-electron chi connectivity index (χ2n) is 5.00. The molecule has 0 amide bonds. The average Bonchev–Trinajstić information content (AvgIpc) is 2.96. The summed E-state index contributed by atoms with van der Waals surface area (Å²) in [5, 5.41) is 0.563. The molecule has 1 aliphatic rings. The fourth-order valence-electron chi connectivity index (χ4n) is 2.67. The topological polar surface area (TPSA) is 25.8 Å². The molecule has 0 radical (unpaired) electrons. The van der Waals surface area contributed by atoms with Crippen molar-refractivity contribution in [2.75, 3.05) is 0 Å². The molecule has 1 fully saturated rings. The van der Waals surface area contributed by atoms with Crippen molar-refractivity contribution in [3.05, 3.63) is 43.2 Å². The van der Waals surface area contributed by atoms with Gasteiger partial charge >= 0.3 is 0 Å². The highest BCUT2D eigenvalue weighted by atomic mass is 127. The van der Waals surface area contributed by atoms with Gasteiger partial charge in [0.2, 0.25) is 0 Å². The van der Waals surface area contributed by atoms with Crippen molar-refractivity contribution in [1.29, 1.82) is 0 Å². The van der Waals surface area contributed by atoms with Gasteiger partial charge in [-0.2, -0.15) is 0 Å². The Bertz CT molecular complexity index is 642. The summed E-state index contributed by atoms with van der Waals surface area (Å²) in [7, 11) is 0. The summed E-state index contributed by atoms with van der Waals surface area (Å²) in [6.07, 6.45) is 4.98. The van der Waals surface area contributed by atoms with Crippen LogP contribution in [0.25, 0.3) is 11.4 Å². The second kappa shape index (κ2) is 6.28. The minimum atomic E-state index is 0.531. The van der Waals surface area contributed by atoms with Crippen LogP contribution in [0.2, 0.25) is 5.15 Å². The van der Waals surface area contributed by atoms with Gasteiger partial charge in [-0.05, 0) is 41.5 Å². The molecule has 1 saturated carbocycles. The normalized spacial score (nSPS) is 15.8. The van der Waals surface area contributed by atoms with Crippen molar-refractivity contribution in [1.82, 2.24) is 9.97 Å². The molecule has 0 bridgehead atoms. The first kappa shape index (κ1) is 14.7. The molecule has 1 aromatic heterocycles. The first-order valence-electron chi connectivity index (χ1n) is 6.64. The van der Waals surface area contributed by atoms with Crippen molar-refractivity contribution < 1.29 is 0 Å². The summed E-state index contributed by atoms with van der Waals surface area (Å²) in [5.41, 5.74) is 2.11. The molecule has 1 aromatic carbocycles. The molecule has 0 unspecified atom stereocenters. The van der Waals surface area contributed by atoms with Gasteiger partial charge in [-0.3, -0.25) is 0 Å². The van der Waals surface area contributed by atoms with E-state index in [9.17, 15) is 0 Å². The fourth-order valence-corrected chi connectivity index (χ4v) is 3.99.